The van der Waals surface area contributed by atoms with E-state index in [1.165, 1.54) is 6.92 Å². The first-order valence-electron chi connectivity index (χ1n) is 17.5. The molecule has 1 aromatic rings. The van der Waals surface area contributed by atoms with Gasteiger partial charge in [-0.2, -0.15) is 0 Å². The number of hydrogen-bond acceptors (Lipinski definition) is 10. The van der Waals surface area contributed by atoms with Gasteiger partial charge in [0.1, 0.15) is 24.7 Å². The van der Waals surface area contributed by atoms with Crippen molar-refractivity contribution in [3.8, 4) is 0 Å². The monoisotopic (exact) mass is 720 g/mol. The first kappa shape index (κ1) is 42.7. The van der Waals surface area contributed by atoms with E-state index in [2.05, 4.69) is 26.6 Å². The molecule has 0 radical (unpaired) electrons. The zero-order valence-electron chi connectivity index (χ0n) is 30.1. The highest BCUT2D eigenvalue weighted by molar-refractivity contribution is 5.99. The van der Waals surface area contributed by atoms with E-state index in [4.69, 9.17) is 20.9 Å². The number of carbonyl (C=O) groups is 6. The van der Waals surface area contributed by atoms with Crippen LogP contribution in [0.1, 0.15) is 78.2 Å². The van der Waals surface area contributed by atoms with Gasteiger partial charge in [0, 0.05) is 32.1 Å². The van der Waals surface area contributed by atoms with Crippen molar-refractivity contribution >= 4 is 41.4 Å². The molecular formula is C34H56N8O9. The minimum absolute atomic E-state index is 0.0105. The average Bonchev–Trinajstić information content (AvgIpc) is 3.08. The number of nitrogens with one attached hydrogen (secondary N) is 5. The Morgan fingerprint density at radius 2 is 1.61 bits per heavy atom. The minimum atomic E-state index is -1.05. The van der Waals surface area contributed by atoms with Gasteiger partial charge in [-0.25, -0.2) is 9.59 Å². The van der Waals surface area contributed by atoms with Gasteiger partial charge in [-0.1, -0.05) is 26.0 Å². The summed E-state index contributed by atoms with van der Waals surface area (Å²) in [6.45, 7) is 7.86. The fraction of sp³-hybridized carbons (Fsp3) is 0.647. The van der Waals surface area contributed by atoms with Gasteiger partial charge in [-0.05, 0) is 75.6 Å². The first-order chi connectivity index (χ1) is 24.2. The van der Waals surface area contributed by atoms with Crippen molar-refractivity contribution in [1.82, 2.24) is 26.2 Å². The Morgan fingerprint density at radius 3 is 2.18 bits per heavy atom. The number of likely N-dealkylation sites (N-methyl/N-ethyl adjacent to an activating group) is 1. The molecule has 0 aliphatic carbocycles. The number of urea groups is 1. The van der Waals surface area contributed by atoms with Crippen molar-refractivity contribution < 1.29 is 43.3 Å². The summed E-state index contributed by atoms with van der Waals surface area (Å²) in [6, 6.07) is 2.79. The van der Waals surface area contributed by atoms with Gasteiger partial charge in [-0.3, -0.25) is 19.2 Å². The number of aliphatic hydroxyl groups excluding tert-OH is 1. The molecule has 10 N–H and O–H groups in total. The summed E-state index contributed by atoms with van der Waals surface area (Å²) in [4.78, 5) is 77.4. The van der Waals surface area contributed by atoms with Gasteiger partial charge in [0.15, 0.2) is 6.29 Å². The van der Waals surface area contributed by atoms with Gasteiger partial charge >= 0.3 is 12.1 Å². The van der Waals surface area contributed by atoms with Gasteiger partial charge in [-0.15, -0.1) is 0 Å². The molecule has 1 fully saturated rings. The maximum absolute atomic E-state index is 13.5. The Hall–Kier alpha value is -4.48. The predicted molar refractivity (Wildman–Crippen MR) is 189 cm³/mol. The van der Waals surface area contributed by atoms with E-state index in [-0.39, 0.29) is 44.0 Å². The third-order valence-corrected chi connectivity index (χ3v) is 8.32. The highest BCUT2D eigenvalue weighted by atomic mass is 16.6. The smallest absolute Gasteiger partial charge is 0.410 e. The van der Waals surface area contributed by atoms with Crippen molar-refractivity contribution in [1.29, 1.82) is 0 Å². The summed E-state index contributed by atoms with van der Waals surface area (Å²) in [5.41, 5.74) is 11.8. The van der Waals surface area contributed by atoms with Crippen molar-refractivity contribution in [3.63, 3.8) is 0 Å². The Bertz CT molecular complexity index is 1290. The Balaban J connectivity index is 2.08. The molecule has 5 atom stereocenters. The molecule has 17 nitrogen and oxygen atoms in total. The van der Waals surface area contributed by atoms with Crippen LogP contribution >= 0.6 is 0 Å². The van der Waals surface area contributed by atoms with Crippen LogP contribution in [0.15, 0.2) is 24.3 Å². The number of nitrogens with two attached hydrogens (primary N) is 2. The summed E-state index contributed by atoms with van der Waals surface area (Å²) in [5.74, 6) is -2.42. The maximum Gasteiger partial charge on any atom is 0.410 e. The highest BCUT2D eigenvalue weighted by Gasteiger charge is 2.32. The molecule has 7 amide bonds. The summed E-state index contributed by atoms with van der Waals surface area (Å²) >= 11 is 0. The molecule has 2 rings (SSSR count). The molecule has 0 spiro atoms. The van der Waals surface area contributed by atoms with Crippen LogP contribution in [-0.4, -0.2) is 102 Å². The number of carbonyl (C=O) groups excluding carboxylic acids is 6. The second-order valence-electron chi connectivity index (χ2n) is 12.8. The standard InChI is InChI=1S/C34H56N8O9/c1-5-42(25-15-16-28(44)50-20-25)34(49)51-19-23-11-13-24(14-12-23)39-30(45)27(10-8-18-37-33(36)48)40-32(47)29(21(2)3)41-31(46)26(38-22(4)43)9-6-7-17-35/h11-14,21,25-29,44H,5-10,15-20,35H2,1-4H3,(H,38,43)(H,39,45)(H,40,47)(H,41,46)(H3,36,37,48)/t25-,26+,27+,28-,29+/m1/s1. The van der Waals surface area contributed by atoms with E-state index in [1.54, 1.807) is 43.0 Å². The Morgan fingerprint density at radius 1 is 0.941 bits per heavy atom. The third-order valence-electron chi connectivity index (χ3n) is 8.32. The summed E-state index contributed by atoms with van der Waals surface area (Å²) in [7, 11) is 0. The number of rotatable bonds is 20. The van der Waals surface area contributed by atoms with E-state index in [1.807, 2.05) is 6.92 Å². The number of aliphatic hydroxyl groups is 1. The van der Waals surface area contributed by atoms with Crippen LogP contribution < -0.4 is 38.1 Å². The van der Waals surface area contributed by atoms with Gasteiger partial charge < -0.3 is 57.5 Å². The lowest BCUT2D eigenvalue weighted by Crippen LogP contribution is -2.57. The number of benzene rings is 1. The number of nitrogens with zero attached hydrogens (tertiary/aromatic N) is 1. The minimum Gasteiger partial charge on any atom is -0.445 e. The number of amides is 7. The van der Waals surface area contributed by atoms with Crippen LogP contribution in [0.5, 0.6) is 0 Å². The number of unbranched alkanes of at least 4 members (excludes halogenated alkanes) is 1. The van der Waals surface area contributed by atoms with Crippen molar-refractivity contribution in [2.24, 2.45) is 17.4 Å². The number of ether oxygens (including phenoxy) is 2. The highest BCUT2D eigenvalue weighted by Crippen LogP contribution is 2.19. The van der Waals surface area contributed by atoms with Crippen LogP contribution in [0.3, 0.4) is 0 Å². The SMILES string of the molecule is CCN(C(=O)OCc1ccc(NC(=O)[C@H](CCCNC(N)=O)NC(=O)[C@@H](NC(=O)[C@H](CCCCN)NC(C)=O)C(C)C)cc1)[C@@H]1CC[C@H](O)OC1. The van der Waals surface area contributed by atoms with Crippen LogP contribution in [0.4, 0.5) is 15.3 Å². The van der Waals surface area contributed by atoms with E-state index in [0.29, 0.717) is 62.9 Å². The average molecular weight is 721 g/mol. The van der Waals surface area contributed by atoms with E-state index in [9.17, 15) is 33.9 Å². The van der Waals surface area contributed by atoms with E-state index >= 15 is 0 Å². The molecule has 286 valence electrons. The topological polar surface area (TPSA) is 257 Å². The molecule has 0 aromatic heterocycles. The molecule has 1 aliphatic heterocycles. The molecule has 17 heteroatoms. The zero-order chi connectivity index (χ0) is 37.9. The fourth-order valence-electron chi connectivity index (χ4n) is 5.49. The van der Waals surface area contributed by atoms with E-state index < -0.39 is 54.3 Å². The number of hydrogen-bond donors (Lipinski definition) is 8. The van der Waals surface area contributed by atoms with Gasteiger partial charge in [0.05, 0.1) is 12.6 Å². The van der Waals surface area contributed by atoms with E-state index in [0.717, 1.165) is 0 Å². The second kappa shape index (κ2) is 22.4. The maximum atomic E-state index is 13.5. The van der Waals surface area contributed by atoms with Gasteiger partial charge in [0.2, 0.25) is 23.6 Å². The van der Waals surface area contributed by atoms with Crippen LogP contribution in [0.2, 0.25) is 0 Å². The number of anilines is 1. The molecule has 0 bridgehead atoms. The van der Waals surface area contributed by atoms with Crippen LogP contribution in [-0.2, 0) is 35.3 Å². The largest absolute Gasteiger partial charge is 0.445 e. The number of primary amides is 1. The fourth-order valence-corrected chi connectivity index (χ4v) is 5.49. The van der Waals surface area contributed by atoms with Gasteiger partial charge in [0.25, 0.3) is 0 Å². The van der Waals surface area contributed by atoms with Crippen LogP contribution in [0, 0.1) is 5.92 Å². The summed E-state index contributed by atoms with van der Waals surface area (Å²) in [5, 5.41) is 22.9. The molecule has 0 saturated carbocycles. The van der Waals surface area contributed by atoms with Crippen molar-refractivity contribution in [2.75, 3.05) is 31.6 Å². The van der Waals surface area contributed by atoms with Crippen LogP contribution in [0.25, 0.3) is 0 Å². The molecule has 51 heavy (non-hydrogen) atoms. The summed E-state index contributed by atoms with van der Waals surface area (Å²) in [6.07, 6.45) is 1.75. The third kappa shape index (κ3) is 15.5. The second-order valence-corrected chi connectivity index (χ2v) is 12.8. The predicted octanol–water partition coefficient (Wildman–Crippen LogP) is 0.789. The lowest BCUT2D eigenvalue weighted by molar-refractivity contribution is -0.143. The molecule has 1 aliphatic rings. The lowest BCUT2D eigenvalue weighted by atomic mass is 10.0. The normalized spacial score (nSPS) is 17.3. The lowest BCUT2D eigenvalue weighted by Gasteiger charge is -2.34. The van der Waals surface area contributed by atoms with Crippen molar-refractivity contribution in [2.45, 2.75) is 110 Å². The molecule has 1 heterocycles. The zero-order valence-corrected chi connectivity index (χ0v) is 30.1. The molecule has 1 aromatic carbocycles. The molecular weight excluding hydrogens is 664 g/mol. The molecule has 1 saturated heterocycles. The Labute approximate surface area is 299 Å². The quantitative estimate of drug-likeness (QED) is 0.0879. The van der Waals surface area contributed by atoms with Crippen molar-refractivity contribution in [3.05, 3.63) is 29.8 Å². The molecule has 0 unspecified atom stereocenters. The first-order valence-corrected chi connectivity index (χ1v) is 17.5. The Kier molecular flexibility index (Phi) is 18.7. The summed E-state index contributed by atoms with van der Waals surface area (Å²) < 4.78 is 10.8.